The normalized spacial score (nSPS) is 14.2. The number of rotatable bonds is 8. The van der Waals surface area contributed by atoms with Crippen molar-refractivity contribution < 1.29 is 28.7 Å². The van der Waals surface area contributed by atoms with Crippen molar-refractivity contribution in [1.82, 2.24) is 16.0 Å². The lowest BCUT2D eigenvalue weighted by Crippen LogP contribution is -2.40. The average molecular weight is 462 g/mol. The van der Waals surface area contributed by atoms with Crippen LogP contribution in [0.25, 0.3) is 0 Å². The number of hydrogen-bond donors (Lipinski definition) is 3. The van der Waals surface area contributed by atoms with Gasteiger partial charge in [0, 0.05) is 12.6 Å². The summed E-state index contributed by atoms with van der Waals surface area (Å²) in [5, 5.41) is 7.91. The number of carbonyl (C=O) groups is 4. The fourth-order valence-corrected chi connectivity index (χ4v) is 3.44. The number of amides is 4. The number of fused-ring (bicyclic) bond motifs is 1. The van der Waals surface area contributed by atoms with E-state index in [2.05, 4.69) is 16.0 Å². The summed E-state index contributed by atoms with van der Waals surface area (Å²) in [4.78, 5) is 48.2. The molecule has 2 rings (SSSR count). The Morgan fingerprint density at radius 3 is 2.21 bits per heavy atom. The Balaban J connectivity index is 1.98. The zero-order valence-electron chi connectivity index (χ0n) is 20.3. The number of aryl methyl sites for hydroxylation is 1. The Kier molecular flexibility index (Phi) is 8.46. The number of alkyl carbamates (subject to hydrolysis) is 2. The summed E-state index contributed by atoms with van der Waals surface area (Å²) in [7, 11) is 0. The van der Waals surface area contributed by atoms with Crippen molar-refractivity contribution in [2.45, 2.75) is 84.5 Å². The Bertz CT molecular complexity index is 898. The summed E-state index contributed by atoms with van der Waals surface area (Å²) in [6.45, 7) is 11.1. The Morgan fingerprint density at radius 2 is 1.58 bits per heavy atom. The van der Waals surface area contributed by atoms with E-state index < -0.39 is 35.2 Å². The second kappa shape index (κ2) is 10.7. The molecule has 0 spiro atoms. The van der Waals surface area contributed by atoms with Crippen LogP contribution >= 0.6 is 0 Å². The molecule has 1 heterocycles. The summed E-state index contributed by atoms with van der Waals surface area (Å²) in [6, 6.07) is 4.92. The van der Waals surface area contributed by atoms with Gasteiger partial charge in [-0.2, -0.15) is 0 Å². The molecular weight excluding hydrogens is 426 g/mol. The molecule has 182 valence electrons. The molecule has 0 radical (unpaired) electrons. The van der Waals surface area contributed by atoms with Crippen molar-refractivity contribution in [3.05, 3.63) is 34.9 Å². The molecule has 0 aliphatic carbocycles. The van der Waals surface area contributed by atoms with Crippen LogP contribution in [-0.4, -0.2) is 47.8 Å². The first-order chi connectivity index (χ1) is 15.2. The molecule has 1 atom stereocenters. The maximum Gasteiger partial charge on any atom is 0.407 e. The molecule has 9 nitrogen and oxygen atoms in total. The Morgan fingerprint density at radius 1 is 0.939 bits per heavy atom. The highest BCUT2D eigenvalue weighted by molar-refractivity contribution is 6.22. The predicted molar refractivity (Wildman–Crippen MR) is 123 cm³/mol. The van der Waals surface area contributed by atoms with Gasteiger partial charge in [0.15, 0.2) is 0 Å². The van der Waals surface area contributed by atoms with E-state index in [4.69, 9.17) is 9.47 Å². The van der Waals surface area contributed by atoms with Crippen LogP contribution in [0.1, 0.15) is 87.1 Å². The first kappa shape index (κ1) is 26.2. The lowest BCUT2D eigenvalue weighted by atomic mass is 9.96. The smallest absolute Gasteiger partial charge is 0.407 e. The summed E-state index contributed by atoms with van der Waals surface area (Å²) < 4.78 is 10.6. The summed E-state index contributed by atoms with van der Waals surface area (Å²) >= 11 is 0. The fraction of sp³-hybridized carbons (Fsp3) is 0.583. The molecule has 1 aromatic carbocycles. The first-order valence-corrected chi connectivity index (χ1v) is 11.2. The number of hydrogen-bond acceptors (Lipinski definition) is 6. The third-order valence-electron chi connectivity index (χ3n) is 4.73. The van der Waals surface area contributed by atoms with Crippen molar-refractivity contribution in [2.24, 2.45) is 0 Å². The van der Waals surface area contributed by atoms with Crippen LogP contribution in [0.5, 0.6) is 0 Å². The van der Waals surface area contributed by atoms with E-state index in [-0.39, 0.29) is 6.04 Å². The molecule has 9 heteroatoms. The molecule has 0 saturated heterocycles. The van der Waals surface area contributed by atoms with Gasteiger partial charge in [-0.3, -0.25) is 14.9 Å². The van der Waals surface area contributed by atoms with E-state index in [1.54, 1.807) is 53.7 Å². The number of imide groups is 1. The number of ether oxygens (including phenoxy) is 2. The van der Waals surface area contributed by atoms with Gasteiger partial charge in [0.25, 0.3) is 11.8 Å². The second-order valence-electron chi connectivity index (χ2n) is 10.1. The quantitative estimate of drug-likeness (QED) is 0.401. The maximum absolute atomic E-state index is 12.3. The average Bonchev–Trinajstić information content (AvgIpc) is 2.94. The molecule has 0 bridgehead atoms. The zero-order valence-corrected chi connectivity index (χ0v) is 20.3. The maximum atomic E-state index is 12.3. The minimum absolute atomic E-state index is 0.253. The standard InChI is InChI=1S/C24H35N3O6/c1-23(2,3)32-21(30)25-14-8-10-16(26-22(31)33-24(4,5)6)13-12-15-9-7-11-17-18(15)20(29)27-19(17)28/h7,9,11,16H,8,10,12-14H2,1-6H3,(H,25,30)(H,26,31)(H,27,28,29). The minimum Gasteiger partial charge on any atom is -0.444 e. The Labute approximate surface area is 195 Å². The summed E-state index contributed by atoms with van der Waals surface area (Å²) in [6.07, 6.45) is 1.18. The van der Waals surface area contributed by atoms with Crippen molar-refractivity contribution in [3.8, 4) is 0 Å². The molecular formula is C24H35N3O6. The van der Waals surface area contributed by atoms with E-state index in [1.807, 2.05) is 6.07 Å². The molecule has 1 aromatic rings. The molecule has 1 unspecified atom stereocenters. The zero-order chi connectivity index (χ0) is 24.8. The van der Waals surface area contributed by atoms with Crippen molar-refractivity contribution in [3.63, 3.8) is 0 Å². The van der Waals surface area contributed by atoms with Crippen LogP contribution in [0.3, 0.4) is 0 Å². The van der Waals surface area contributed by atoms with Gasteiger partial charge in [-0.25, -0.2) is 9.59 Å². The molecule has 0 aromatic heterocycles. The number of benzene rings is 1. The van der Waals surface area contributed by atoms with Crippen molar-refractivity contribution in [1.29, 1.82) is 0 Å². The highest BCUT2D eigenvalue weighted by Crippen LogP contribution is 2.22. The molecule has 0 fully saturated rings. The van der Waals surface area contributed by atoms with Gasteiger partial charge < -0.3 is 20.1 Å². The van der Waals surface area contributed by atoms with Crippen LogP contribution < -0.4 is 16.0 Å². The van der Waals surface area contributed by atoms with E-state index >= 15 is 0 Å². The minimum atomic E-state index is -0.633. The highest BCUT2D eigenvalue weighted by Gasteiger charge is 2.29. The largest absolute Gasteiger partial charge is 0.444 e. The molecule has 1 aliphatic rings. The molecule has 0 saturated carbocycles. The van der Waals surface area contributed by atoms with Crippen LogP contribution in [0, 0.1) is 0 Å². The van der Waals surface area contributed by atoms with E-state index in [0.717, 1.165) is 5.56 Å². The molecule has 4 amide bonds. The summed E-state index contributed by atoms with van der Waals surface area (Å²) in [5.41, 5.74) is 0.305. The van der Waals surface area contributed by atoms with Crippen LogP contribution in [0.4, 0.5) is 9.59 Å². The third kappa shape index (κ3) is 8.75. The van der Waals surface area contributed by atoms with Gasteiger partial charge in [0.05, 0.1) is 11.1 Å². The topological polar surface area (TPSA) is 123 Å². The molecule has 3 N–H and O–H groups in total. The van der Waals surface area contributed by atoms with Crippen LogP contribution in [0.15, 0.2) is 18.2 Å². The van der Waals surface area contributed by atoms with Gasteiger partial charge >= 0.3 is 12.2 Å². The first-order valence-electron chi connectivity index (χ1n) is 11.2. The van der Waals surface area contributed by atoms with Gasteiger partial charge in [-0.15, -0.1) is 0 Å². The van der Waals surface area contributed by atoms with E-state index in [9.17, 15) is 19.2 Å². The lowest BCUT2D eigenvalue weighted by molar-refractivity contribution is 0.0486. The SMILES string of the molecule is CC(C)(C)OC(=O)NCCCC(CCc1cccc2c1C(=O)NC2=O)NC(=O)OC(C)(C)C. The third-order valence-corrected chi connectivity index (χ3v) is 4.73. The fourth-order valence-electron chi connectivity index (χ4n) is 3.44. The lowest BCUT2D eigenvalue weighted by Gasteiger charge is -2.24. The predicted octanol–water partition coefficient (Wildman–Crippen LogP) is 3.70. The van der Waals surface area contributed by atoms with E-state index in [1.165, 1.54) is 0 Å². The Hall–Kier alpha value is -3.10. The van der Waals surface area contributed by atoms with Gasteiger partial charge in [0.2, 0.25) is 0 Å². The monoisotopic (exact) mass is 461 g/mol. The second-order valence-corrected chi connectivity index (χ2v) is 10.1. The van der Waals surface area contributed by atoms with Crippen LogP contribution in [-0.2, 0) is 15.9 Å². The van der Waals surface area contributed by atoms with Gasteiger partial charge in [0.1, 0.15) is 11.2 Å². The van der Waals surface area contributed by atoms with Gasteiger partial charge in [-0.1, -0.05) is 12.1 Å². The molecule has 1 aliphatic heterocycles. The number of carbonyl (C=O) groups excluding carboxylic acids is 4. The van der Waals surface area contributed by atoms with Gasteiger partial charge in [-0.05, 0) is 78.9 Å². The molecule has 33 heavy (non-hydrogen) atoms. The van der Waals surface area contributed by atoms with E-state index in [0.29, 0.717) is 43.4 Å². The highest BCUT2D eigenvalue weighted by atomic mass is 16.6. The van der Waals surface area contributed by atoms with Crippen molar-refractivity contribution >= 4 is 24.0 Å². The van der Waals surface area contributed by atoms with Crippen molar-refractivity contribution in [2.75, 3.05) is 6.54 Å². The van der Waals surface area contributed by atoms with Crippen LogP contribution in [0.2, 0.25) is 0 Å². The summed E-state index contributed by atoms with van der Waals surface area (Å²) in [5.74, 6) is -0.794. The number of nitrogens with one attached hydrogen (secondary N) is 3.